The Morgan fingerprint density at radius 2 is 2.28 bits per heavy atom. The lowest BCUT2D eigenvalue weighted by Crippen LogP contribution is -2.13. The first-order chi connectivity index (χ1) is 8.54. The first-order valence-electron chi connectivity index (χ1n) is 5.87. The lowest BCUT2D eigenvalue weighted by atomic mass is 10.1. The summed E-state index contributed by atoms with van der Waals surface area (Å²) >= 11 is 5.17. The molecule has 1 aromatic rings. The molecule has 1 fully saturated rings. The number of hydrogen-bond acceptors (Lipinski definition) is 4. The fraction of sp³-hybridized carbons (Fsp3) is 0.538. The third-order valence-electron chi connectivity index (χ3n) is 3.23. The number of methoxy groups -OCH3 is 1. The number of halogens is 1. The van der Waals surface area contributed by atoms with Gasteiger partial charge in [-0.1, -0.05) is 0 Å². The van der Waals surface area contributed by atoms with E-state index in [0.717, 1.165) is 33.8 Å². The summed E-state index contributed by atoms with van der Waals surface area (Å²) in [4.78, 5) is 15.8. The molecular weight excluding hydrogens is 314 g/mol. The van der Waals surface area contributed by atoms with E-state index in [2.05, 4.69) is 20.9 Å². The maximum atomic E-state index is 11.3. The van der Waals surface area contributed by atoms with Crippen molar-refractivity contribution in [2.75, 3.05) is 12.9 Å². The normalized spacial score (nSPS) is 16.4. The molecule has 0 atom stereocenters. The van der Waals surface area contributed by atoms with Gasteiger partial charge in [-0.2, -0.15) is 0 Å². The highest BCUT2D eigenvalue weighted by atomic mass is 79.9. The number of nitrogens with zero attached hydrogens (tertiary/aromatic N) is 1. The highest BCUT2D eigenvalue weighted by molar-refractivity contribution is 9.10. The minimum atomic E-state index is -0.104. The van der Waals surface area contributed by atoms with E-state index in [9.17, 15) is 4.79 Å². The fourth-order valence-corrected chi connectivity index (χ4v) is 3.19. The van der Waals surface area contributed by atoms with Crippen LogP contribution in [0.4, 0.5) is 0 Å². The van der Waals surface area contributed by atoms with Gasteiger partial charge in [-0.15, -0.1) is 11.8 Å². The Hall–Kier alpha value is -0.550. The van der Waals surface area contributed by atoms with E-state index >= 15 is 0 Å². The highest BCUT2D eigenvalue weighted by Gasteiger charge is 2.44. The molecule has 0 N–H and O–H groups in total. The molecule has 0 aliphatic heterocycles. The molecular formula is C13H16BrNO2S. The average Bonchev–Trinajstić information content (AvgIpc) is 3.11. The minimum Gasteiger partial charge on any atom is -0.469 e. The lowest BCUT2D eigenvalue weighted by Gasteiger charge is -2.12. The van der Waals surface area contributed by atoms with Gasteiger partial charge in [0, 0.05) is 10.2 Å². The van der Waals surface area contributed by atoms with Crippen molar-refractivity contribution in [3.63, 3.8) is 0 Å². The molecule has 0 radical (unpaired) electrons. The van der Waals surface area contributed by atoms with Crippen LogP contribution in [0.2, 0.25) is 0 Å². The predicted octanol–water partition coefficient (Wildman–Crippen LogP) is 3.59. The first-order valence-corrected chi connectivity index (χ1v) is 7.65. The van der Waals surface area contributed by atoms with Gasteiger partial charge in [0.05, 0.1) is 24.3 Å². The molecule has 18 heavy (non-hydrogen) atoms. The zero-order valence-corrected chi connectivity index (χ0v) is 12.9. The van der Waals surface area contributed by atoms with Crippen LogP contribution in [0, 0.1) is 12.3 Å². The molecule has 1 aliphatic carbocycles. The van der Waals surface area contributed by atoms with Crippen LogP contribution < -0.4 is 0 Å². The molecule has 1 aromatic heterocycles. The summed E-state index contributed by atoms with van der Waals surface area (Å²) in [5, 5.41) is 1.02. The van der Waals surface area contributed by atoms with Crippen LogP contribution in [0.3, 0.4) is 0 Å². The van der Waals surface area contributed by atoms with Gasteiger partial charge in [0.25, 0.3) is 0 Å². The van der Waals surface area contributed by atoms with Crippen LogP contribution in [0.5, 0.6) is 0 Å². The summed E-state index contributed by atoms with van der Waals surface area (Å²) in [5.41, 5.74) is 1.15. The van der Waals surface area contributed by atoms with Crippen molar-refractivity contribution in [3.05, 3.63) is 22.3 Å². The Bertz CT molecular complexity index is 460. The molecule has 0 saturated heterocycles. The Balaban J connectivity index is 1.91. The zero-order valence-electron chi connectivity index (χ0n) is 10.5. The van der Waals surface area contributed by atoms with Crippen molar-refractivity contribution in [2.24, 2.45) is 5.41 Å². The second kappa shape index (κ2) is 5.61. The smallest absolute Gasteiger partial charge is 0.306 e. The van der Waals surface area contributed by atoms with Gasteiger partial charge in [0.15, 0.2) is 0 Å². The van der Waals surface area contributed by atoms with Crippen molar-refractivity contribution < 1.29 is 9.53 Å². The quantitative estimate of drug-likeness (QED) is 0.611. The molecule has 1 heterocycles. The summed E-state index contributed by atoms with van der Waals surface area (Å²) in [6, 6.07) is 4.03. The summed E-state index contributed by atoms with van der Waals surface area (Å²) in [6.45, 7) is 1.98. The molecule has 0 spiro atoms. The molecule has 1 saturated carbocycles. The fourth-order valence-electron chi connectivity index (χ4n) is 1.76. The summed E-state index contributed by atoms with van der Waals surface area (Å²) in [7, 11) is 1.45. The van der Waals surface area contributed by atoms with Gasteiger partial charge in [-0.25, -0.2) is 4.98 Å². The molecule has 2 rings (SSSR count). The molecule has 5 heteroatoms. The third-order valence-corrected chi connectivity index (χ3v) is 5.34. The number of rotatable bonds is 5. The van der Waals surface area contributed by atoms with Gasteiger partial charge in [-0.3, -0.25) is 4.79 Å². The largest absolute Gasteiger partial charge is 0.469 e. The van der Waals surface area contributed by atoms with Gasteiger partial charge in [-0.05, 0) is 53.2 Å². The highest BCUT2D eigenvalue weighted by Crippen LogP contribution is 2.52. The number of thioether (sulfide) groups is 1. The third kappa shape index (κ3) is 3.48. The van der Waals surface area contributed by atoms with Crippen LogP contribution in [-0.2, 0) is 9.53 Å². The van der Waals surface area contributed by atoms with E-state index in [1.54, 1.807) is 11.8 Å². The van der Waals surface area contributed by atoms with Crippen molar-refractivity contribution in [1.29, 1.82) is 0 Å². The van der Waals surface area contributed by atoms with Crippen LogP contribution >= 0.6 is 27.7 Å². The number of pyridine rings is 1. The molecule has 98 valence electrons. The molecule has 3 nitrogen and oxygen atoms in total. The van der Waals surface area contributed by atoms with E-state index in [1.807, 2.05) is 19.1 Å². The van der Waals surface area contributed by atoms with E-state index in [4.69, 9.17) is 4.74 Å². The Morgan fingerprint density at radius 3 is 2.83 bits per heavy atom. The number of aryl methyl sites for hydroxylation is 1. The molecule has 0 unspecified atom stereocenters. The topological polar surface area (TPSA) is 39.2 Å². The zero-order chi connectivity index (χ0) is 13.2. The van der Waals surface area contributed by atoms with Crippen LogP contribution in [0.1, 0.15) is 25.0 Å². The predicted molar refractivity (Wildman–Crippen MR) is 75.7 cm³/mol. The summed E-state index contributed by atoms with van der Waals surface area (Å²) in [5.74, 6) is 0.837. The SMILES string of the molecule is COC(=O)CC1(CSc2ccc(Br)c(C)n2)CC1. The minimum absolute atomic E-state index is 0.104. The number of carbonyl (C=O) groups excluding carboxylic acids is 1. The van der Waals surface area contributed by atoms with Gasteiger partial charge < -0.3 is 4.74 Å². The van der Waals surface area contributed by atoms with E-state index in [0.29, 0.717) is 6.42 Å². The number of esters is 1. The number of hydrogen-bond donors (Lipinski definition) is 0. The van der Waals surface area contributed by atoms with Crippen molar-refractivity contribution in [3.8, 4) is 0 Å². The van der Waals surface area contributed by atoms with Gasteiger partial charge in [0.2, 0.25) is 0 Å². The van der Waals surface area contributed by atoms with E-state index in [-0.39, 0.29) is 11.4 Å². The van der Waals surface area contributed by atoms with Crippen molar-refractivity contribution in [2.45, 2.75) is 31.2 Å². The van der Waals surface area contributed by atoms with Crippen molar-refractivity contribution in [1.82, 2.24) is 4.98 Å². The first kappa shape index (κ1) is 13.9. The van der Waals surface area contributed by atoms with Crippen LogP contribution in [0.25, 0.3) is 0 Å². The number of aromatic nitrogens is 1. The van der Waals surface area contributed by atoms with E-state index in [1.165, 1.54) is 7.11 Å². The second-order valence-electron chi connectivity index (χ2n) is 4.76. The summed E-state index contributed by atoms with van der Waals surface area (Å²) in [6.07, 6.45) is 2.77. The Labute approximate surface area is 120 Å². The monoisotopic (exact) mass is 329 g/mol. The second-order valence-corrected chi connectivity index (χ2v) is 6.61. The number of ether oxygens (including phenoxy) is 1. The van der Waals surface area contributed by atoms with E-state index < -0.39 is 0 Å². The molecule has 0 bridgehead atoms. The maximum absolute atomic E-state index is 11.3. The lowest BCUT2D eigenvalue weighted by molar-refractivity contribution is -0.141. The van der Waals surface area contributed by atoms with Crippen LogP contribution in [0.15, 0.2) is 21.6 Å². The average molecular weight is 330 g/mol. The van der Waals surface area contributed by atoms with Gasteiger partial charge in [0.1, 0.15) is 0 Å². The van der Waals surface area contributed by atoms with Crippen molar-refractivity contribution >= 4 is 33.7 Å². The van der Waals surface area contributed by atoms with Crippen LogP contribution in [-0.4, -0.2) is 23.8 Å². The molecule has 1 aliphatic rings. The van der Waals surface area contributed by atoms with Gasteiger partial charge >= 0.3 is 5.97 Å². The summed E-state index contributed by atoms with van der Waals surface area (Å²) < 4.78 is 5.77. The standard InChI is InChI=1S/C13H16BrNO2S/c1-9-10(14)3-4-11(15-9)18-8-13(5-6-13)7-12(16)17-2/h3-4H,5-8H2,1-2H3. The Kier molecular flexibility index (Phi) is 4.33. The number of carbonyl (C=O) groups is 1. The molecule has 0 aromatic carbocycles. The molecule has 0 amide bonds. The Morgan fingerprint density at radius 1 is 1.56 bits per heavy atom. The maximum Gasteiger partial charge on any atom is 0.306 e.